The Morgan fingerprint density at radius 3 is 2.23 bits per heavy atom. The van der Waals surface area contributed by atoms with Gasteiger partial charge in [0, 0.05) is 0 Å². The molecule has 3 nitrogen and oxygen atoms in total. The minimum absolute atomic E-state index is 0.132. The van der Waals surface area contributed by atoms with Crippen LogP contribution in [0, 0.1) is 0 Å². The van der Waals surface area contributed by atoms with Crippen LogP contribution >= 0.6 is 0 Å². The molecule has 108 valence electrons. The summed E-state index contributed by atoms with van der Waals surface area (Å²) in [4.78, 5) is 24.2. The second-order valence-electron chi connectivity index (χ2n) is 4.97. The Balaban J connectivity index is 2.06. The maximum atomic E-state index is 12.2. The third-order valence-corrected chi connectivity index (χ3v) is 3.46. The molecule has 0 spiro atoms. The van der Waals surface area contributed by atoms with Gasteiger partial charge in [0.1, 0.15) is 5.75 Å². The minimum Gasteiger partial charge on any atom is -0.422 e. The molecule has 0 aliphatic heterocycles. The lowest BCUT2D eigenvalue weighted by molar-refractivity contribution is 0.0733. The largest absolute Gasteiger partial charge is 0.422 e. The molecule has 0 bridgehead atoms. The number of benzene rings is 3. The second-order valence-corrected chi connectivity index (χ2v) is 4.97. The first-order chi connectivity index (χ1) is 10.7. The summed E-state index contributed by atoms with van der Waals surface area (Å²) in [5.74, 6) is -0.314. The topological polar surface area (TPSA) is 43.4 Å². The first kappa shape index (κ1) is 14.0. The van der Waals surface area contributed by atoms with Gasteiger partial charge in [-0.05, 0) is 35.9 Å². The summed E-state index contributed by atoms with van der Waals surface area (Å²) in [6, 6.07) is 19.8. The summed E-state index contributed by atoms with van der Waals surface area (Å²) in [6.07, 6.45) is 0. The second kappa shape index (κ2) is 5.82. The fourth-order valence-corrected chi connectivity index (χ4v) is 2.43. The van der Waals surface area contributed by atoms with E-state index in [1.165, 1.54) is 6.92 Å². The average molecular weight is 290 g/mol. The van der Waals surface area contributed by atoms with E-state index in [2.05, 4.69) is 0 Å². The van der Waals surface area contributed by atoms with Crippen LogP contribution in [0.25, 0.3) is 10.8 Å². The van der Waals surface area contributed by atoms with Gasteiger partial charge in [-0.25, -0.2) is 4.79 Å². The predicted molar refractivity (Wildman–Crippen MR) is 85.4 cm³/mol. The van der Waals surface area contributed by atoms with E-state index in [1.807, 2.05) is 36.4 Å². The highest BCUT2D eigenvalue weighted by molar-refractivity contribution is 6.10. The highest BCUT2D eigenvalue weighted by Gasteiger charge is 2.16. The van der Waals surface area contributed by atoms with Crippen LogP contribution in [0.4, 0.5) is 0 Å². The lowest BCUT2D eigenvalue weighted by Gasteiger charge is -2.11. The highest BCUT2D eigenvalue weighted by Crippen LogP contribution is 2.29. The van der Waals surface area contributed by atoms with Gasteiger partial charge in [-0.15, -0.1) is 0 Å². The molecule has 22 heavy (non-hydrogen) atoms. The van der Waals surface area contributed by atoms with E-state index in [9.17, 15) is 9.59 Å². The van der Waals surface area contributed by atoms with Crippen LogP contribution < -0.4 is 4.74 Å². The van der Waals surface area contributed by atoms with Gasteiger partial charge in [-0.2, -0.15) is 0 Å². The zero-order valence-corrected chi connectivity index (χ0v) is 12.1. The van der Waals surface area contributed by atoms with Crippen molar-refractivity contribution in [2.45, 2.75) is 6.92 Å². The highest BCUT2D eigenvalue weighted by atomic mass is 16.5. The van der Waals surface area contributed by atoms with Crippen LogP contribution in [0.2, 0.25) is 0 Å². The van der Waals surface area contributed by atoms with Gasteiger partial charge < -0.3 is 4.74 Å². The number of ketones is 1. The Bertz CT molecular complexity index is 851. The molecule has 3 aromatic carbocycles. The van der Waals surface area contributed by atoms with Crippen molar-refractivity contribution in [3.05, 3.63) is 77.9 Å². The average Bonchev–Trinajstić information content (AvgIpc) is 2.55. The van der Waals surface area contributed by atoms with Gasteiger partial charge in [0.25, 0.3) is 0 Å². The Morgan fingerprint density at radius 2 is 1.50 bits per heavy atom. The normalized spacial score (nSPS) is 10.4. The van der Waals surface area contributed by atoms with Crippen molar-refractivity contribution in [2.24, 2.45) is 0 Å². The van der Waals surface area contributed by atoms with Crippen molar-refractivity contribution < 1.29 is 14.3 Å². The number of hydrogen-bond acceptors (Lipinski definition) is 3. The lowest BCUT2D eigenvalue weighted by atomic mass is 10.0. The van der Waals surface area contributed by atoms with E-state index < -0.39 is 5.97 Å². The minimum atomic E-state index is -0.474. The number of rotatable bonds is 3. The Kier molecular flexibility index (Phi) is 3.71. The zero-order chi connectivity index (χ0) is 15.5. The first-order valence-electron chi connectivity index (χ1n) is 6.97. The molecule has 0 N–H and O–H groups in total. The standard InChI is InChI=1S/C19H14O3/c1-13(20)18-16-10-6-5-7-14(16)11-12-17(18)22-19(21)15-8-3-2-4-9-15/h2-12H,1H3. The van der Waals surface area contributed by atoms with Crippen LogP contribution in [0.1, 0.15) is 27.6 Å². The molecule has 0 aliphatic carbocycles. The van der Waals surface area contributed by atoms with E-state index in [-0.39, 0.29) is 5.78 Å². The molecule has 0 saturated heterocycles. The van der Waals surface area contributed by atoms with Crippen molar-refractivity contribution in [3.63, 3.8) is 0 Å². The number of Topliss-reactive ketones (excluding diaryl/α,β-unsaturated/α-hetero) is 1. The first-order valence-corrected chi connectivity index (χ1v) is 6.97. The van der Waals surface area contributed by atoms with Gasteiger partial charge >= 0.3 is 5.97 Å². The molecule has 0 aliphatic rings. The van der Waals surface area contributed by atoms with Crippen LogP contribution in [0.5, 0.6) is 5.75 Å². The summed E-state index contributed by atoms with van der Waals surface area (Å²) in [5, 5.41) is 1.72. The Labute approximate surface area is 128 Å². The van der Waals surface area contributed by atoms with Gasteiger partial charge in [0.2, 0.25) is 0 Å². The van der Waals surface area contributed by atoms with Gasteiger partial charge in [0.15, 0.2) is 5.78 Å². The Morgan fingerprint density at radius 1 is 0.818 bits per heavy atom. The third kappa shape index (κ3) is 2.61. The van der Waals surface area contributed by atoms with Crippen molar-refractivity contribution in [3.8, 4) is 5.75 Å². The number of hydrogen-bond donors (Lipinski definition) is 0. The zero-order valence-electron chi connectivity index (χ0n) is 12.1. The summed E-state index contributed by atoms with van der Waals surface area (Å²) >= 11 is 0. The SMILES string of the molecule is CC(=O)c1c(OC(=O)c2ccccc2)ccc2ccccc12. The maximum absolute atomic E-state index is 12.2. The Hall–Kier alpha value is -2.94. The van der Waals surface area contributed by atoms with Crippen LogP contribution in [0.15, 0.2) is 66.7 Å². The van der Waals surface area contributed by atoms with Crippen LogP contribution in [0.3, 0.4) is 0 Å². The summed E-state index contributed by atoms with van der Waals surface area (Å²) < 4.78 is 5.44. The van der Waals surface area contributed by atoms with Crippen molar-refractivity contribution >= 4 is 22.5 Å². The van der Waals surface area contributed by atoms with Gasteiger partial charge in [-0.1, -0.05) is 48.5 Å². The van der Waals surface area contributed by atoms with Crippen molar-refractivity contribution in [1.29, 1.82) is 0 Å². The monoisotopic (exact) mass is 290 g/mol. The number of esters is 1. The third-order valence-electron chi connectivity index (χ3n) is 3.46. The van der Waals surface area contributed by atoms with E-state index in [4.69, 9.17) is 4.74 Å². The number of carbonyl (C=O) groups is 2. The predicted octanol–water partition coefficient (Wildman–Crippen LogP) is 4.26. The smallest absolute Gasteiger partial charge is 0.343 e. The maximum Gasteiger partial charge on any atom is 0.343 e. The molecule has 3 rings (SSSR count). The fourth-order valence-electron chi connectivity index (χ4n) is 2.43. The van der Waals surface area contributed by atoms with Crippen LogP contribution in [-0.4, -0.2) is 11.8 Å². The van der Waals surface area contributed by atoms with Gasteiger partial charge in [0.05, 0.1) is 11.1 Å². The molecule has 0 aromatic heterocycles. The van der Waals surface area contributed by atoms with E-state index in [0.717, 1.165) is 10.8 Å². The molecule has 3 heteroatoms. The quantitative estimate of drug-likeness (QED) is 0.411. The fraction of sp³-hybridized carbons (Fsp3) is 0.0526. The molecule has 0 unspecified atom stereocenters. The molecular formula is C19H14O3. The molecule has 0 fully saturated rings. The molecule has 0 atom stereocenters. The molecule has 3 aromatic rings. The number of carbonyl (C=O) groups excluding carboxylic acids is 2. The van der Waals surface area contributed by atoms with Crippen molar-refractivity contribution in [1.82, 2.24) is 0 Å². The molecular weight excluding hydrogens is 276 g/mol. The van der Waals surface area contributed by atoms with Crippen molar-refractivity contribution in [2.75, 3.05) is 0 Å². The summed E-state index contributed by atoms with van der Waals surface area (Å²) in [5.41, 5.74) is 0.882. The van der Waals surface area contributed by atoms with E-state index in [0.29, 0.717) is 16.9 Å². The number of fused-ring (bicyclic) bond motifs is 1. The van der Waals surface area contributed by atoms with Gasteiger partial charge in [-0.3, -0.25) is 4.79 Å². The summed E-state index contributed by atoms with van der Waals surface area (Å²) in [7, 11) is 0. The number of ether oxygens (including phenoxy) is 1. The van der Waals surface area contributed by atoms with E-state index in [1.54, 1.807) is 30.3 Å². The summed E-state index contributed by atoms with van der Waals surface area (Å²) in [6.45, 7) is 1.47. The molecule has 0 saturated carbocycles. The van der Waals surface area contributed by atoms with E-state index >= 15 is 0 Å². The lowest BCUT2D eigenvalue weighted by Crippen LogP contribution is -2.11. The molecule has 0 amide bonds. The van der Waals surface area contributed by atoms with Crippen LogP contribution in [-0.2, 0) is 0 Å². The molecule has 0 radical (unpaired) electrons. The molecule has 0 heterocycles.